The minimum atomic E-state index is -0.236. The van der Waals surface area contributed by atoms with Crippen LogP contribution in [-0.2, 0) is 4.74 Å². The first-order valence-corrected chi connectivity index (χ1v) is 9.48. The van der Waals surface area contributed by atoms with E-state index in [-0.39, 0.29) is 17.6 Å². The van der Waals surface area contributed by atoms with E-state index in [1.807, 2.05) is 48.5 Å². The van der Waals surface area contributed by atoms with E-state index in [0.29, 0.717) is 25.5 Å². The van der Waals surface area contributed by atoms with E-state index in [0.717, 1.165) is 18.7 Å². The monoisotopic (exact) mass is 377 g/mol. The van der Waals surface area contributed by atoms with Gasteiger partial charge >= 0.3 is 0 Å². The standard InChI is InChI=1S/C22H23N3O3/c26-22(19-15-21(28-24-19)18-9-5-2-6-10-18)23-16-20(17-7-3-1-4-8-17)25-11-13-27-14-12-25/h1-10,15,20H,11-14,16H2,(H,23,26)/t20-/m1/s1. The molecular formula is C22H23N3O3. The largest absolute Gasteiger partial charge is 0.379 e. The van der Waals surface area contributed by atoms with Crippen LogP contribution >= 0.6 is 0 Å². The first-order valence-electron chi connectivity index (χ1n) is 9.48. The summed E-state index contributed by atoms with van der Waals surface area (Å²) in [5, 5.41) is 6.95. The average molecular weight is 377 g/mol. The van der Waals surface area contributed by atoms with E-state index in [1.54, 1.807) is 6.07 Å². The Kier molecular flexibility index (Phi) is 5.80. The summed E-state index contributed by atoms with van der Waals surface area (Å²) in [4.78, 5) is 15.0. The third kappa shape index (κ3) is 4.30. The highest BCUT2D eigenvalue weighted by molar-refractivity contribution is 5.93. The molecule has 0 aliphatic carbocycles. The fourth-order valence-corrected chi connectivity index (χ4v) is 3.42. The van der Waals surface area contributed by atoms with Crippen molar-refractivity contribution in [2.45, 2.75) is 6.04 Å². The average Bonchev–Trinajstić information content (AvgIpc) is 3.26. The van der Waals surface area contributed by atoms with Gasteiger partial charge in [-0.2, -0.15) is 0 Å². The van der Waals surface area contributed by atoms with Gasteiger partial charge in [0.25, 0.3) is 5.91 Å². The highest BCUT2D eigenvalue weighted by Gasteiger charge is 2.24. The van der Waals surface area contributed by atoms with Gasteiger partial charge in [-0.1, -0.05) is 65.8 Å². The van der Waals surface area contributed by atoms with Crippen molar-refractivity contribution in [2.75, 3.05) is 32.8 Å². The molecule has 0 radical (unpaired) electrons. The van der Waals surface area contributed by atoms with E-state index in [2.05, 4.69) is 27.5 Å². The highest BCUT2D eigenvalue weighted by atomic mass is 16.5. The molecule has 144 valence electrons. The quantitative estimate of drug-likeness (QED) is 0.715. The third-order valence-electron chi connectivity index (χ3n) is 4.93. The van der Waals surface area contributed by atoms with Crippen LogP contribution in [0.3, 0.4) is 0 Å². The van der Waals surface area contributed by atoms with Crippen LogP contribution in [0.15, 0.2) is 71.3 Å². The molecule has 28 heavy (non-hydrogen) atoms. The van der Waals surface area contributed by atoms with E-state index >= 15 is 0 Å². The lowest BCUT2D eigenvalue weighted by Crippen LogP contribution is -2.43. The Morgan fingerprint density at radius 1 is 1.04 bits per heavy atom. The Hall–Kier alpha value is -2.96. The molecule has 0 unspecified atom stereocenters. The molecule has 1 N–H and O–H groups in total. The Balaban J connectivity index is 1.45. The molecule has 1 atom stereocenters. The van der Waals surface area contributed by atoms with Crippen LogP contribution in [0.25, 0.3) is 11.3 Å². The molecular weight excluding hydrogens is 354 g/mol. The van der Waals surface area contributed by atoms with Gasteiger partial charge in [0.2, 0.25) is 0 Å². The summed E-state index contributed by atoms with van der Waals surface area (Å²) in [6.45, 7) is 3.60. The molecule has 2 aromatic carbocycles. The number of carbonyl (C=O) groups is 1. The number of aromatic nitrogens is 1. The second-order valence-corrected chi connectivity index (χ2v) is 6.73. The molecule has 1 aromatic heterocycles. The van der Waals surface area contributed by atoms with Crippen LogP contribution in [0.1, 0.15) is 22.1 Å². The molecule has 1 fully saturated rings. The van der Waals surface area contributed by atoms with Crippen molar-refractivity contribution in [1.29, 1.82) is 0 Å². The zero-order chi connectivity index (χ0) is 19.2. The maximum absolute atomic E-state index is 12.6. The summed E-state index contributed by atoms with van der Waals surface area (Å²) < 4.78 is 10.8. The zero-order valence-electron chi connectivity index (χ0n) is 15.6. The number of morpholine rings is 1. The molecule has 1 aliphatic heterocycles. The van der Waals surface area contributed by atoms with Crippen LogP contribution in [0.5, 0.6) is 0 Å². The fraction of sp³-hybridized carbons (Fsp3) is 0.273. The molecule has 1 saturated heterocycles. The molecule has 2 heterocycles. The van der Waals surface area contributed by atoms with Gasteiger partial charge in [0.05, 0.1) is 19.3 Å². The van der Waals surface area contributed by atoms with Crippen molar-refractivity contribution in [2.24, 2.45) is 0 Å². The van der Waals surface area contributed by atoms with Gasteiger partial charge in [0, 0.05) is 31.3 Å². The Morgan fingerprint density at radius 2 is 1.71 bits per heavy atom. The van der Waals surface area contributed by atoms with E-state index in [1.165, 1.54) is 5.56 Å². The number of nitrogens with zero attached hydrogens (tertiary/aromatic N) is 2. The SMILES string of the molecule is O=C(NC[C@H](c1ccccc1)N1CCOCC1)c1cc(-c2ccccc2)on1. The van der Waals surface area contributed by atoms with E-state index in [9.17, 15) is 4.79 Å². The van der Waals surface area contributed by atoms with Crippen LogP contribution in [-0.4, -0.2) is 48.8 Å². The van der Waals surface area contributed by atoms with Gasteiger partial charge < -0.3 is 14.6 Å². The summed E-state index contributed by atoms with van der Waals surface area (Å²) in [6, 6.07) is 21.6. The van der Waals surface area contributed by atoms with Gasteiger partial charge in [-0.25, -0.2) is 0 Å². The zero-order valence-corrected chi connectivity index (χ0v) is 15.6. The number of hydrogen-bond acceptors (Lipinski definition) is 5. The number of hydrogen-bond donors (Lipinski definition) is 1. The van der Waals surface area contributed by atoms with Gasteiger partial charge in [0.1, 0.15) is 0 Å². The first-order chi connectivity index (χ1) is 13.8. The smallest absolute Gasteiger partial charge is 0.273 e. The fourth-order valence-electron chi connectivity index (χ4n) is 3.42. The van der Waals surface area contributed by atoms with Crippen molar-refractivity contribution in [1.82, 2.24) is 15.4 Å². The van der Waals surface area contributed by atoms with Gasteiger partial charge in [-0.15, -0.1) is 0 Å². The van der Waals surface area contributed by atoms with E-state index < -0.39 is 0 Å². The molecule has 0 spiro atoms. The summed E-state index contributed by atoms with van der Waals surface area (Å²) in [5.41, 5.74) is 2.35. The lowest BCUT2D eigenvalue weighted by Gasteiger charge is -2.34. The second kappa shape index (κ2) is 8.82. The molecule has 0 saturated carbocycles. The summed E-state index contributed by atoms with van der Waals surface area (Å²) in [7, 11) is 0. The summed E-state index contributed by atoms with van der Waals surface area (Å²) in [5.74, 6) is 0.346. The molecule has 3 aromatic rings. The predicted molar refractivity (Wildman–Crippen MR) is 106 cm³/mol. The minimum absolute atomic E-state index is 0.0922. The van der Waals surface area contributed by atoms with Crippen LogP contribution < -0.4 is 5.32 Å². The number of ether oxygens (including phenoxy) is 1. The van der Waals surface area contributed by atoms with Crippen molar-refractivity contribution in [3.8, 4) is 11.3 Å². The van der Waals surface area contributed by atoms with Gasteiger partial charge in [-0.3, -0.25) is 9.69 Å². The third-order valence-corrected chi connectivity index (χ3v) is 4.93. The number of carbonyl (C=O) groups excluding carboxylic acids is 1. The van der Waals surface area contributed by atoms with Crippen molar-refractivity contribution >= 4 is 5.91 Å². The predicted octanol–water partition coefficient (Wildman–Crippen LogP) is 3.14. The second-order valence-electron chi connectivity index (χ2n) is 6.73. The molecule has 0 bridgehead atoms. The summed E-state index contributed by atoms with van der Waals surface area (Å²) >= 11 is 0. The maximum Gasteiger partial charge on any atom is 0.273 e. The number of nitrogens with one attached hydrogen (secondary N) is 1. The number of rotatable bonds is 6. The molecule has 1 aliphatic rings. The van der Waals surface area contributed by atoms with Crippen molar-refractivity contribution in [3.05, 3.63) is 78.0 Å². The lowest BCUT2D eigenvalue weighted by molar-refractivity contribution is 0.0162. The molecule has 1 amide bonds. The topological polar surface area (TPSA) is 67.6 Å². The van der Waals surface area contributed by atoms with Crippen LogP contribution in [0.2, 0.25) is 0 Å². The first kappa shape index (κ1) is 18.4. The normalized spacial score (nSPS) is 15.9. The van der Waals surface area contributed by atoms with E-state index in [4.69, 9.17) is 9.26 Å². The van der Waals surface area contributed by atoms with Crippen molar-refractivity contribution in [3.63, 3.8) is 0 Å². The molecule has 6 nitrogen and oxygen atoms in total. The number of benzene rings is 2. The Labute approximate surface area is 164 Å². The van der Waals surface area contributed by atoms with Crippen molar-refractivity contribution < 1.29 is 14.1 Å². The Bertz CT molecular complexity index is 890. The van der Waals surface area contributed by atoms with Crippen LogP contribution in [0, 0.1) is 0 Å². The minimum Gasteiger partial charge on any atom is -0.379 e. The maximum atomic E-state index is 12.6. The van der Waals surface area contributed by atoms with Gasteiger partial charge in [-0.05, 0) is 5.56 Å². The molecule has 4 rings (SSSR count). The molecule has 6 heteroatoms. The van der Waals surface area contributed by atoms with Crippen LogP contribution in [0.4, 0.5) is 0 Å². The highest BCUT2D eigenvalue weighted by Crippen LogP contribution is 2.22. The lowest BCUT2D eigenvalue weighted by atomic mass is 10.0. The summed E-state index contributed by atoms with van der Waals surface area (Å²) in [6.07, 6.45) is 0. The number of amides is 1. The Morgan fingerprint density at radius 3 is 2.43 bits per heavy atom. The van der Waals surface area contributed by atoms with Gasteiger partial charge in [0.15, 0.2) is 11.5 Å².